The first-order chi connectivity index (χ1) is 9.51. The number of amides is 1. The number of nitrogens with one attached hydrogen (secondary N) is 1. The molecule has 0 aliphatic heterocycles. The van der Waals surface area contributed by atoms with E-state index in [4.69, 9.17) is 4.74 Å². The molecule has 0 radical (unpaired) electrons. The highest BCUT2D eigenvalue weighted by atomic mass is 16.5. The van der Waals surface area contributed by atoms with E-state index in [9.17, 15) is 4.79 Å². The van der Waals surface area contributed by atoms with Crippen LogP contribution >= 0.6 is 0 Å². The lowest BCUT2D eigenvalue weighted by molar-refractivity contribution is -0.138. The van der Waals surface area contributed by atoms with Gasteiger partial charge in [0.05, 0.1) is 12.1 Å². The number of benzene rings is 1. The summed E-state index contributed by atoms with van der Waals surface area (Å²) < 4.78 is 5.12. The summed E-state index contributed by atoms with van der Waals surface area (Å²) in [5, 5.41) is 3.23. The molecule has 0 fully saturated rings. The van der Waals surface area contributed by atoms with Crippen molar-refractivity contribution in [2.75, 3.05) is 26.8 Å². The molecule has 1 aromatic carbocycles. The summed E-state index contributed by atoms with van der Waals surface area (Å²) >= 11 is 0. The van der Waals surface area contributed by atoms with Crippen LogP contribution in [0.25, 0.3) is 0 Å². The Bertz CT molecular complexity index is 404. The first-order valence-electron chi connectivity index (χ1n) is 7.08. The summed E-state index contributed by atoms with van der Waals surface area (Å²) in [6.45, 7) is 8.36. The zero-order valence-electron chi connectivity index (χ0n) is 13.0. The Labute approximate surface area is 122 Å². The van der Waals surface area contributed by atoms with Gasteiger partial charge in [0, 0.05) is 20.2 Å². The minimum atomic E-state index is -0.558. The summed E-state index contributed by atoms with van der Waals surface area (Å²) in [7, 11) is 1.65. The maximum absolute atomic E-state index is 12.7. The third-order valence-electron chi connectivity index (χ3n) is 3.22. The highest BCUT2D eigenvalue weighted by Crippen LogP contribution is 2.12. The average Bonchev–Trinajstić information content (AvgIpc) is 2.43. The van der Waals surface area contributed by atoms with Crippen molar-refractivity contribution in [1.82, 2.24) is 10.2 Å². The van der Waals surface area contributed by atoms with E-state index in [-0.39, 0.29) is 5.91 Å². The second kappa shape index (κ2) is 8.02. The van der Waals surface area contributed by atoms with Crippen LogP contribution in [0.5, 0.6) is 0 Å². The molecule has 1 N–H and O–H groups in total. The van der Waals surface area contributed by atoms with E-state index in [1.54, 1.807) is 7.11 Å². The Balaban J connectivity index is 2.80. The van der Waals surface area contributed by atoms with E-state index in [0.717, 1.165) is 12.1 Å². The van der Waals surface area contributed by atoms with Gasteiger partial charge in [-0.15, -0.1) is 0 Å². The van der Waals surface area contributed by atoms with Crippen molar-refractivity contribution in [3.63, 3.8) is 0 Å². The van der Waals surface area contributed by atoms with E-state index >= 15 is 0 Å². The van der Waals surface area contributed by atoms with Crippen LogP contribution in [0.2, 0.25) is 0 Å². The predicted molar refractivity (Wildman–Crippen MR) is 81.5 cm³/mol. The van der Waals surface area contributed by atoms with E-state index in [1.165, 1.54) is 0 Å². The van der Waals surface area contributed by atoms with Crippen molar-refractivity contribution >= 4 is 5.91 Å². The number of ether oxygens (including phenoxy) is 1. The van der Waals surface area contributed by atoms with Crippen molar-refractivity contribution in [2.45, 2.75) is 32.9 Å². The normalized spacial score (nSPS) is 11.4. The van der Waals surface area contributed by atoms with Crippen molar-refractivity contribution in [2.24, 2.45) is 0 Å². The second-order valence-corrected chi connectivity index (χ2v) is 5.36. The lowest BCUT2D eigenvalue weighted by Gasteiger charge is -2.32. The van der Waals surface area contributed by atoms with Gasteiger partial charge in [-0.25, -0.2) is 0 Å². The van der Waals surface area contributed by atoms with Gasteiger partial charge >= 0.3 is 0 Å². The third kappa shape index (κ3) is 4.94. The Morgan fingerprint density at radius 1 is 1.30 bits per heavy atom. The largest absolute Gasteiger partial charge is 0.383 e. The van der Waals surface area contributed by atoms with Gasteiger partial charge in [0.1, 0.15) is 0 Å². The molecular weight excluding hydrogens is 252 g/mol. The van der Waals surface area contributed by atoms with E-state index in [2.05, 4.69) is 5.32 Å². The SMILES string of the molecule is CCNC(C)(C)C(=O)N(CCOC)Cc1ccccc1. The molecule has 0 saturated heterocycles. The van der Waals surface area contributed by atoms with E-state index < -0.39 is 5.54 Å². The molecule has 1 aromatic rings. The monoisotopic (exact) mass is 278 g/mol. The summed E-state index contributed by atoms with van der Waals surface area (Å²) in [5.74, 6) is 0.0975. The Morgan fingerprint density at radius 3 is 2.50 bits per heavy atom. The molecule has 0 heterocycles. The number of nitrogens with zero attached hydrogens (tertiary/aromatic N) is 1. The highest BCUT2D eigenvalue weighted by Gasteiger charge is 2.30. The molecule has 0 aromatic heterocycles. The van der Waals surface area contributed by atoms with Crippen molar-refractivity contribution in [3.05, 3.63) is 35.9 Å². The molecule has 0 unspecified atom stereocenters. The Morgan fingerprint density at radius 2 is 1.95 bits per heavy atom. The highest BCUT2D eigenvalue weighted by molar-refractivity contribution is 5.85. The van der Waals surface area contributed by atoms with Crippen LogP contribution in [0.4, 0.5) is 0 Å². The van der Waals surface area contributed by atoms with Crippen LogP contribution in [0.3, 0.4) is 0 Å². The summed E-state index contributed by atoms with van der Waals surface area (Å²) in [5.41, 5.74) is 0.571. The van der Waals surface area contributed by atoms with Gasteiger partial charge in [-0.05, 0) is 26.0 Å². The Kier molecular flexibility index (Phi) is 6.68. The zero-order chi connectivity index (χ0) is 15.0. The Hall–Kier alpha value is -1.39. The van der Waals surface area contributed by atoms with Gasteiger partial charge < -0.3 is 15.0 Å². The lowest BCUT2D eigenvalue weighted by atomic mass is 10.0. The minimum absolute atomic E-state index is 0.0975. The third-order valence-corrected chi connectivity index (χ3v) is 3.22. The maximum atomic E-state index is 12.7. The molecule has 112 valence electrons. The number of carbonyl (C=O) groups excluding carboxylic acids is 1. The molecule has 20 heavy (non-hydrogen) atoms. The van der Waals surface area contributed by atoms with E-state index in [0.29, 0.717) is 19.7 Å². The second-order valence-electron chi connectivity index (χ2n) is 5.36. The van der Waals surface area contributed by atoms with Gasteiger partial charge in [0.25, 0.3) is 0 Å². The van der Waals surface area contributed by atoms with Gasteiger partial charge in [0.2, 0.25) is 5.91 Å². The molecular formula is C16H26N2O2. The standard InChI is InChI=1S/C16H26N2O2/c1-5-17-16(2,3)15(19)18(11-12-20-4)13-14-9-7-6-8-10-14/h6-10,17H,5,11-13H2,1-4H3. The fourth-order valence-corrected chi connectivity index (χ4v) is 2.17. The van der Waals surface area contributed by atoms with Gasteiger partial charge in [-0.3, -0.25) is 4.79 Å². The van der Waals surface area contributed by atoms with Crippen LogP contribution in [-0.2, 0) is 16.1 Å². The molecule has 4 nitrogen and oxygen atoms in total. The lowest BCUT2D eigenvalue weighted by Crippen LogP contribution is -2.54. The predicted octanol–water partition coefficient (Wildman–Crippen LogP) is 2.05. The van der Waals surface area contributed by atoms with Crippen LogP contribution in [0, 0.1) is 0 Å². The fourth-order valence-electron chi connectivity index (χ4n) is 2.17. The first-order valence-corrected chi connectivity index (χ1v) is 7.08. The topological polar surface area (TPSA) is 41.6 Å². The maximum Gasteiger partial charge on any atom is 0.242 e. The van der Waals surface area contributed by atoms with Crippen molar-refractivity contribution < 1.29 is 9.53 Å². The van der Waals surface area contributed by atoms with Crippen molar-refractivity contribution in [3.8, 4) is 0 Å². The number of hydrogen-bond acceptors (Lipinski definition) is 3. The number of likely N-dealkylation sites (N-methyl/N-ethyl adjacent to an activating group) is 1. The molecule has 4 heteroatoms. The zero-order valence-corrected chi connectivity index (χ0v) is 13.0. The summed E-state index contributed by atoms with van der Waals surface area (Å²) in [6.07, 6.45) is 0. The minimum Gasteiger partial charge on any atom is -0.383 e. The number of carbonyl (C=O) groups is 1. The average molecular weight is 278 g/mol. The van der Waals surface area contributed by atoms with Gasteiger partial charge in [-0.1, -0.05) is 37.3 Å². The van der Waals surface area contributed by atoms with Crippen LogP contribution < -0.4 is 5.32 Å². The van der Waals surface area contributed by atoms with Crippen LogP contribution in [0.15, 0.2) is 30.3 Å². The molecule has 0 bridgehead atoms. The molecule has 0 atom stereocenters. The summed E-state index contributed by atoms with van der Waals surface area (Å²) in [6, 6.07) is 10.0. The van der Waals surface area contributed by atoms with Gasteiger partial charge in [0.15, 0.2) is 0 Å². The van der Waals surface area contributed by atoms with Gasteiger partial charge in [-0.2, -0.15) is 0 Å². The molecule has 0 aliphatic carbocycles. The first kappa shape index (κ1) is 16.7. The fraction of sp³-hybridized carbons (Fsp3) is 0.562. The van der Waals surface area contributed by atoms with Crippen molar-refractivity contribution in [1.29, 1.82) is 0 Å². The molecule has 1 rings (SSSR count). The number of rotatable bonds is 8. The summed E-state index contributed by atoms with van der Waals surface area (Å²) in [4.78, 5) is 14.5. The molecule has 1 amide bonds. The molecule has 0 saturated carbocycles. The number of hydrogen-bond donors (Lipinski definition) is 1. The van der Waals surface area contributed by atoms with E-state index in [1.807, 2.05) is 56.0 Å². The molecule has 0 spiro atoms. The van der Waals surface area contributed by atoms with Crippen LogP contribution in [-0.4, -0.2) is 43.2 Å². The smallest absolute Gasteiger partial charge is 0.242 e. The number of methoxy groups -OCH3 is 1. The van der Waals surface area contributed by atoms with Crippen LogP contribution in [0.1, 0.15) is 26.3 Å². The molecule has 0 aliphatic rings. The quantitative estimate of drug-likeness (QED) is 0.791.